The molecule has 0 aliphatic heterocycles. The molecule has 0 spiro atoms. The van der Waals surface area contributed by atoms with Gasteiger partial charge in [0.15, 0.2) is 0 Å². The van der Waals surface area contributed by atoms with E-state index in [-0.39, 0.29) is 0 Å². The third-order valence-corrected chi connectivity index (χ3v) is 3.27. The molecule has 0 amide bonds. The Balaban J connectivity index is 2.06. The maximum absolute atomic E-state index is 6.16. The summed E-state index contributed by atoms with van der Waals surface area (Å²) in [7, 11) is 0. The van der Waals surface area contributed by atoms with E-state index in [1.807, 2.05) is 6.07 Å². The van der Waals surface area contributed by atoms with Crippen LogP contribution in [0.5, 0.6) is 0 Å². The van der Waals surface area contributed by atoms with Crippen molar-refractivity contribution in [1.82, 2.24) is 13.7 Å². The molecular weight excluding hydrogens is 270 g/mol. The van der Waals surface area contributed by atoms with E-state index in [0.717, 1.165) is 22.8 Å². The Labute approximate surface area is 112 Å². The van der Waals surface area contributed by atoms with E-state index in [9.17, 15) is 0 Å². The molecule has 0 saturated carbocycles. The number of rotatable bonds is 2. The smallest absolute Gasteiger partial charge is 0.130 e. The quantitative estimate of drug-likeness (QED) is 0.753. The van der Waals surface area contributed by atoms with Gasteiger partial charge in [-0.2, -0.15) is 8.75 Å². The fourth-order valence-electron chi connectivity index (χ4n) is 1.55. The Bertz CT molecular complexity index is 694. The molecule has 0 aliphatic carbocycles. The van der Waals surface area contributed by atoms with E-state index in [1.165, 1.54) is 0 Å². The Morgan fingerprint density at radius 3 is 2.83 bits per heavy atom. The molecule has 2 aromatic heterocycles. The minimum Gasteiger partial charge on any atom is -0.397 e. The van der Waals surface area contributed by atoms with Crippen molar-refractivity contribution < 1.29 is 0 Å². The SMILES string of the molecule is Nc1ccc(Nc2c(Cl)ccc3nsnc23)nc1. The Hall–Kier alpha value is -1.92. The van der Waals surface area contributed by atoms with E-state index < -0.39 is 0 Å². The molecule has 7 heteroatoms. The number of nitrogens with one attached hydrogen (secondary N) is 1. The van der Waals surface area contributed by atoms with Gasteiger partial charge in [-0.3, -0.25) is 0 Å². The van der Waals surface area contributed by atoms with Crippen LogP contribution in [0.3, 0.4) is 0 Å². The topological polar surface area (TPSA) is 76.7 Å². The molecule has 18 heavy (non-hydrogen) atoms. The van der Waals surface area contributed by atoms with Gasteiger partial charge in [-0.25, -0.2) is 4.98 Å². The first-order valence-electron chi connectivity index (χ1n) is 5.13. The van der Waals surface area contributed by atoms with E-state index in [2.05, 4.69) is 19.0 Å². The lowest BCUT2D eigenvalue weighted by atomic mass is 10.2. The zero-order chi connectivity index (χ0) is 12.5. The maximum atomic E-state index is 6.16. The van der Waals surface area contributed by atoms with Crippen molar-refractivity contribution in [3.05, 3.63) is 35.5 Å². The first kappa shape index (κ1) is 11.2. The number of nitrogens with two attached hydrogens (primary N) is 1. The second-order valence-electron chi connectivity index (χ2n) is 3.66. The molecule has 5 nitrogen and oxygen atoms in total. The van der Waals surface area contributed by atoms with Crippen molar-refractivity contribution >= 4 is 51.6 Å². The first-order valence-corrected chi connectivity index (χ1v) is 6.24. The predicted octanol–water partition coefficient (Wildman–Crippen LogP) is 3.07. The standard InChI is InChI=1S/C11H8ClN5S/c12-7-2-3-8-11(17-18-16-8)10(7)15-9-4-1-6(13)5-14-9/h1-5H,13H2,(H,14,15). The highest BCUT2D eigenvalue weighted by atomic mass is 35.5. The number of benzene rings is 1. The summed E-state index contributed by atoms with van der Waals surface area (Å²) in [6.07, 6.45) is 1.58. The van der Waals surface area contributed by atoms with Gasteiger partial charge in [-0.05, 0) is 24.3 Å². The average molecular weight is 278 g/mol. The van der Waals surface area contributed by atoms with Crippen molar-refractivity contribution in [2.45, 2.75) is 0 Å². The zero-order valence-electron chi connectivity index (χ0n) is 9.09. The number of halogens is 1. The van der Waals surface area contributed by atoms with Crippen LogP contribution in [0.4, 0.5) is 17.2 Å². The van der Waals surface area contributed by atoms with Crippen molar-refractivity contribution in [1.29, 1.82) is 0 Å². The summed E-state index contributed by atoms with van der Waals surface area (Å²) in [5, 5.41) is 3.71. The molecule has 3 N–H and O–H groups in total. The molecule has 0 atom stereocenters. The van der Waals surface area contributed by atoms with Gasteiger partial charge in [0.2, 0.25) is 0 Å². The van der Waals surface area contributed by atoms with Crippen LogP contribution >= 0.6 is 23.3 Å². The van der Waals surface area contributed by atoms with Crippen molar-refractivity contribution in [3.8, 4) is 0 Å². The predicted molar refractivity (Wildman–Crippen MR) is 74.4 cm³/mol. The third kappa shape index (κ3) is 1.96. The summed E-state index contributed by atoms with van der Waals surface area (Å²) in [6.45, 7) is 0. The highest BCUT2D eigenvalue weighted by Gasteiger charge is 2.10. The molecule has 0 fully saturated rings. The van der Waals surface area contributed by atoms with E-state index in [4.69, 9.17) is 17.3 Å². The minimum absolute atomic E-state index is 0.578. The Morgan fingerprint density at radius 1 is 1.17 bits per heavy atom. The summed E-state index contributed by atoms with van der Waals surface area (Å²) < 4.78 is 8.39. The van der Waals surface area contributed by atoms with Crippen molar-refractivity contribution in [3.63, 3.8) is 0 Å². The number of nitrogens with zero attached hydrogens (tertiary/aromatic N) is 3. The van der Waals surface area contributed by atoms with Crippen LogP contribution in [0.1, 0.15) is 0 Å². The van der Waals surface area contributed by atoms with Gasteiger partial charge < -0.3 is 11.1 Å². The van der Waals surface area contributed by atoms with Crippen LogP contribution in [-0.2, 0) is 0 Å². The van der Waals surface area contributed by atoms with Gasteiger partial charge >= 0.3 is 0 Å². The van der Waals surface area contributed by atoms with Crippen LogP contribution in [0.25, 0.3) is 11.0 Å². The first-order chi connectivity index (χ1) is 8.74. The molecule has 0 aliphatic rings. The van der Waals surface area contributed by atoms with Crippen LogP contribution in [-0.4, -0.2) is 13.7 Å². The Kier molecular flexibility index (Phi) is 2.73. The highest BCUT2D eigenvalue weighted by Crippen LogP contribution is 2.31. The second kappa shape index (κ2) is 4.40. The van der Waals surface area contributed by atoms with Crippen LogP contribution in [0.2, 0.25) is 5.02 Å². The van der Waals surface area contributed by atoms with Crippen molar-refractivity contribution in [2.24, 2.45) is 0 Å². The number of hydrogen-bond donors (Lipinski definition) is 2. The van der Waals surface area contributed by atoms with Gasteiger partial charge in [-0.15, -0.1) is 0 Å². The second-order valence-corrected chi connectivity index (χ2v) is 4.59. The molecule has 0 unspecified atom stereocenters. The van der Waals surface area contributed by atoms with Crippen molar-refractivity contribution in [2.75, 3.05) is 11.1 Å². The average Bonchev–Trinajstić information content (AvgIpc) is 2.84. The number of nitrogen functional groups attached to an aromatic ring is 1. The number of hydrogen-bond acceptors (Lipinski definition) is 6. The van der Waals surface area contributed by atoms with Gasteiger partial charge in [0, 0.05) is 0 Å². The number of pyridine rings is 1. The van der Waals surface area contributed by atoms with E-state index in [1.54, 1.807) is 24.4 Å². The zero-order valence-corrected chi connectivity index (χ0v) is 10.7. The summed E-state index contributed by atoms with van der Waals surface area (Å²) in [4.78, 5) is 4.17. The van der Waals surface area contributed by atoms with Gasteiger partial charge in [0.05, 0.1) is 34.3 Å². The maximum Gasteiger partial charge on any atom is 0.130 e. The normalized spacial score (nSPS) is 10.7. The monoisotopic (exact) mass is 277 g/mol. The van der Waals surface area contributed by atoms with Crippen LogP contribution < -0.4 is 11.1 Å². The van der Waals surface area contributed by atoms with Crippen LogP contribution in [0, 0.1) is 0 Å². The minimum atomic E-state index is 0.578. The number of aromatic nitrogens is 3. The van der Waals surface area contributed by atoms with Gasteiger partial charge in [0.1, 0.15) is 16.9 Å². The third-order valence-electron chi connectivity index (χ3n) is 2.42. The molecule has 0 saturated heterocycles. The molecule has 90 valence electrons. The summed E-state index contributed by atoms with van der Waals surface area (Å²) in [5.41, 5.74) is 8.46. The number of anilines is 3. The van der Waals surface area contributed by atoms with E-state index >= 15 is 0 Å². The molecular formula is C11H8ClN5S. The lowest BCUT2D eigenvalue weighted by Crippen LogP contribution is -1.96. The number of fused-ring (bicyclic) bond motifs is 1. The fraction of sp³-hybridized carbons (Fsp3) is 0. The highest BCUT2D eigenvalue weighted by molar-refractivity contribution is 7.00. The lowest BCUT2D eigenvalue weighted by molar-refractivity contribution is 1.31. The van der Waals surface area contributed by atoms with E-state index in [0.29, 0.717) is 22.2 Å². The van der Waals surface area contributed by atoms with Gasteiger partial charge in [-0.1, -0.05) is 11.6 Å². The molecule has 1 aromatic carbocycles. The fourth-order valence-corrected chi connectivity index (χ4v) is 2.30. The van der Waals surface area contributed by atoms with Crippen LogP contribution in [0.15, 0.2) is 30.5 Å². The molecule has 3 aromatic rings. The largest absolute Gasteiger partial charge is 0.397 e. The molecule has 2 heterocycles. The summed E-state index contributed by atoms with van der Waals surface area (Å²) >= 11 is 7.31. The van der Waals surface area contributed by atoms with Gasteiger partial charge in [0.25, 0.3) is 0 Å². The Morgan fingerprint density at radius 2 is 2.06 bits per heavy atom. The molecule has 3 rings (SSSR count). The summed E-state index contributed by atoms with van der Waals surface area (Å²) in [5.74, 6) is 0.659. The lowest BCUT2D eigenvalue weighted by Gasteiger charge is -2.07. The summed E-state index contributed by atoms with van der Waals surface area (Å²) in [6, 6.07) is 7.17. The molecule has 0 bridgehead atoms. The molecule has 0 radical (unpaired) electrons.